The highest BCUT2D eigenvalue weighted by Gasteiger charge is 2.31. The molecule has 1 aliphatic rings. The van der Waals surface area contributed by atoms with Crippen molar-refractivity contribution in [1.29, 1.82) is 0 Å². The number of hydrogen-bond donors (Lipinski definition) is 1. The van der Waals surface area contributed by atoms with E-state index in [1.54, 1.807) is 17.9 Å². The van der Waals surface area contributed by atoms with Crippen LogP contribution in [0.1, 0.15) is 36.5 Å². The highest BCUT2D eigenvalue weighted by molar-refractivity contribution is 7.89. The number of anilines is 1. The van der Waals surface area contributed by atoms with Gasteiger partial charge in [-0.2, -0.15) is 4.31 Å². The Hall–Kier alpha value is -2.71. The lowest BCUT2D eigenvalue weighted by Gasteiger charge is -2.34. The molecule has 172 valence electrons. The quantitative estimate of drug-likeness (QED) is 0.692. The molecule has 0 aliphatic carbocycles. The van der Waals surface area contributed by atoms with Gasteiger partial charge in [0, 0.05) is 44.7 Å². The third-order valence-electron chi connectivity index (χ3n) is 5.76. The number of sulfonamides is 1. The molecule has 0 saturated carbocycles. The SMILES string of the molecule is CCc1ccc(NC(=O)CCC(=O)N2CCN(S(=O)(=O)c3cc(C)ccc3C)CC2)cc1. The maximum atomic E-state index is 13.0. The summed E-state index contributed by atoms with van der Waals surface area (Å²) in [6.45, 7) is 6.86. The van der Waals surface area contributed by atoms with E-state index in [0.29, 0.717) is 29.2 Å². The highest BCUT2D eigenvalue weighted by Crippen LogP contribution is 2.22. The second-order valence-electron chi connectivity index (χ2n) is 8.15. The van der Waals surface area contributed by atoms with Crippen LogP contribution in [-0.2, 0) is 26.0 Å². The zero-order chi connectivity index (χ0) is 23.3. The lowest BCUT2D eigenvalue weighted by Crippen LogP contribution is -2.50. The number of rotatable bonds is 7. The van der Waals surface area contributed by atoms with Gasteiger partial charge in [0.25, 0.3) is 0 Å². The minimum absolute atomic E-state index is 0.0926. The van der Waals surface area contributed by atoms with Crippen LogP contribution < -0.4 is 5.32 Å². The third kappa shape index (κ3) is 5.75. The molecule has 32 heavy (non-hydrogen) atoms. The Morgan fingerprint density at radius 1 is 0.938 bits per heavy atom. The van der Waals surface area contributed by atoms with Crippen LogP contribution in [0.15, 0.2) is 47.4 Å². The second kappa shape index (κ2) is 10.3. The van der Waals surface area contributed by atoms with Crippen molar-refractivity contribution in [3.63, 3.8) is 0 Å². The Morgan fingerprint density at radius 2 is 1.59 bits per heavy atom. The van der Waals surface area contributed by atoms with E-state index >= 15 is 0 Å². The van der Waals surface area contributed by atoms with Crippen LogP contribution >= 0.6 is 0 Å². The number of nitrogens with one attached hydrogen (secondary N) is 1. The van der Waals surface area contributed by atoms with Crippen molar-refractivity contribution in [1.82, 2.24) is 9.21 Å². The molecule has 7 nitrogen and oxygen atoms in total. The number of benzene rings is 2. The molecule has 1 N–H and O–H groups in total. The van der Waals surface area contributed by atoms with Crippen LogP contribution in [0, 0.1) is 13.8 Å². The first kappa shape index (κ1) is 23.9. The first-order chi connectivity index (χ1) is 15.2. The van der Waals surface area contributed by atoms with E-state index in [1.807, 2.05) is 43.3 Å². The molecule has 1 fully saturated rings. The third-order valence-corrected chi connectivity index (χ3v) is 7.81. The van der Waals surface area contributed by atoms with E-state index in [4.69, 9.17) is 0 Å². The average Bonchev–Trinajstić information content (AvgIpc) is 2.79. The van der Waals surface area contributed by atoms with Crippen molar-refractivity contribution >= 4 is 27.5 Å². The fraction of sp³-hybridized carbons (Fsp3) is 0.417. The van der Waals surface area contributed by atoms with E-state index in [1.165, 1.54) is 9.87 Å². The van der Waals surface area contributed by atoms with Crippen LogP contribution in [0.4, 0.5) is 5.69 Å². The summed E-state index contributed by atoms with van der Waals surface area (Å²) in [5.74, 6) is -0.344. The van der Waals surface area contributed by atoms with Crippen molar-refractivity contribution < 1.29 is 18.0 Å². The second-order valence-corrected chi connectivity index (χ2v) is 10.1. The number of piperazine rings is 1. The van der Waals surface area contributed by atoms with E-state index in [9.17, 15) is 18.0 Å². The number of nitrogens with zero attached hydrogens (tertiary/aromatic N) is 2. The normalized spacial score (nSPS) is 14.9. The van der Waals surface area contributed by atoms with Gasteiger partial charge in [-0.15, -0.1) is 0 Å². The predicted molar refractivity (Wildman–Crippen MR) is 125 cm³/mol. The van der Waals surface area contributed by atoms with Gasteiger partial charge in [-0.1, -0.05) is 31.2 Å². The summed E-state index contributed by atoms with van der Waals surface area (Å²) >= 11 is 0. The smallest absolute Gasteiger partial charge is 0.243 e. The molecule has 0 atom stereocenters. The Morgan fingerprint density at radius 3 is 2.22 bits per heavy atom. The number of carbonyl (C=O) groups is 2. The predicted octanol–water partition coefficient (Wildman–Crippen LogP) is 3.12. The van der Waals surface area contributed by atoms with Crippen molar-refractivity contribution in [3.8, 4) is 0 Å². The fourth-order valence-corrected chi connectivity index (χ4v) is 5.46. The summed E-state index contributed by atoms with van der Waals surface area (Å²) < 4.78 is 27.5. The topological polar surface area (TPSA) is 86.8 Å². The van der Waals surface area contributed by atoms with Gasteiger partial charge in [-0.05, 0) is 55.2 Å². The zero-order valence-corrected chi connectivity index (χ0v) is 19.7. The zero-order valence-electron chi connectivity index (χ0n) is 18.9. The molecule has 2 aromatic rings. The summed E-state index contributed by atoms with van der Waals surface area (Å²) in [5.41, 5.74) is 3.51. The van der Waals surface area contributed by atoms with Gasteiger partial charge in [0.05, 0.1) is 4.90 Å². The minimum atomic E-state index is -3.60. The van der Waals surface area contributed by atoms with Gasteiger partial charge >= 0.3 is 0 Å². The van der Waals surface area contributed by atoms with E-state index in [-0.39, 0.29) is 37.7 Å². The lowest BCUT2D eigenvalue weighted by atomic mass is 10.1. The van der Waals surface area contributed by atoms with Crippen LogP contribution in [0.2, 0.25) is 0 Å². The van der Waals surface area contributed by atoms with E-state index < -0.39 is 10.0 Å². The van der Waals surface area contributed by atoms with Crippen LogP contribution in [-0.4, -0.2) is 55.6 Å². The number of carbonyl (C=O) groups excluding carboxylic acids is 2. The molecule has 0 aromatic heterocycles. The van der Waals surface area contributed by atoms with Crippen molar-refractivity contribution in [2.45, 2.75) is 44.9 Å². The molecular weight excluding hydrogens is 426 g/mol. The molecule has 8 heteroatoms. The molecule has 1 aliphatic heterocycles. The number of amides is 2. The van der Waals surface area contributed by atoms with Gasteiger partial charge in [0.15, 0.2) is 0 Å². The van der Waals surface area contributed by atoms with E-state index in [2.05, 4.69) is 12.2 Å². The highest BCUT2D eigenvalue weighted by atomic mass is 32.2. The van der Waals surface area contributed by atoms with Gasteiger partial charge in [0.1, 0.15) is 0 Å². The van der Waals surface area contributed by atoms with Crippen LogP contribution in [0.5, 0.6) is 0 Å². The first-order valence-electron chi connectivity index (χ1n) is 10.9. The maximum absolute atomic E-state index is 13.0. The fourth-order valence-electron chi connectivity index (χ4n) is 3.73. The van der Waals surface area contributed by atoms with Gasteiger partial charge < -0.3 is 10.2 Å². The Labute approximate surface area is 190 Å². The largest absolute Gasteiger partial charge is 0.340 e. The average molecular weight is 458 g/mol. The van der Waals surface area contributed by atoms with Crippen molar-refractivity contribution in [2.24, 2.45) is 0 Å². The standard InChI is InChI=1S/C24H31N3O4S/c1-4-20-7-9-21(10-8-20)25-23(28)11-12-24(29)26-13-15-27(16-14-26)32(30,31)22-17-18(2)5-6-19(22)3/h5-10,17H,4,11-16H2,1-3H3,(H,25,28). The summed E-state index contributed by atoms with van der Waals surface area (Å²) in [6.07, 6.45) is 1.12. The summed E-state index contributed by atoms with van der Waals surface area (Å²) in [5, 5.41) is 2.81. The first-order valence-corrected chi connectivity index (χ1v) is 12.4. The molecule has 2 amide bonds. The van der Waals surface area contributed by atoms with Gasteiger partial charge in [-0.25, -0.2) is 8.42 Å². The Balaban J connectivity index is 1.49. The molecule has 0 bridgehead atoms. The molecule has 2 aromatic carbocycles. The number of aryl methyl sites for hydroxylation is 3. The summed E-state index contributed by atoms with van der Waals surface area (Å²) in [4.78, 5) is 26.7. The molecule has 0 radical (unpaired) electrons. The Bertz CT molecular complexity index is 1070. The molecule has 1 saturated heterocycles. The number of hydrogen-bond acceptors (Lipinski definition) is 4. The van der Waals surface area contributed by atoms with Crippen LogP contribution in [0.3, 0.4) is 0 Å². The monoisotopic (exact) mass is 457 g/mol. The van der Waals surface area contributed by atoms with Crippen molar-refractivity contribution in [2.75, 3.05) is 31.5 Å². The molecule has 1 heterocycles. The van der Waals surface area contributed by atoms with Crippen LogP contribution in [0.25, 0.3) is 0 Å². The van der Waals surface area contributed by atoms with Gasteiger partial charge in [-0.3, -0.25) is 9.59 Å². The lowest BCUT2D eigenvalue weighted by molar-refractivity contribution is -0.133. The molecular formula is C24H31N3O4S. The van der Waals surface area contributed by atoms with Crippen molar-refractivity contribution in [3.05, 3.63) is 59.2 Å². The van der Waals surface area contributed by atoms with Gasteiger partial charge in [0.2, 0.25) is 21.8 Å². The molecule has 3 rings (SSSR count). The molecule has 0 unspecified atom stereocenters. The summed E-state index contributed by atoms with van der Waals surface area (Å²) in [6, 6.07) is 13.0. The minimum Gasteiger partial charge on any atom is -0.340 e. The van der Waals surface area contributed by atoms with E-state index in [0.717, 1.165) is 12.0 Å². The summed E-state index contributed by atoms with van der Waals surface area (Å²) in [7, 11) is -3.60. The maximum Gasteiger partial charge on any atom is 0.243 e. The Kier molecular flexibility index (Phi) is 7.69. The molecule has 0 spiro atoms.